The zero-order valence-electron chi connectivity index (χ0n) is 29.9. The van der Waals surface area contributed by atoms with Gasteiger partial charge in [0.15, 0.2) is 0 Å². The van der Waals surface area contributed by atoms with Crippen LogP contribution >= 0.6 is 11.3 Å². The minimum absolute atomic E-state index is 1.23. The molecule has 0 aliphatic carbocycles. The van der Waals surface area contributed by atoms with E-state index in [1.807, 2.05) is 11.3 Å². The van der Waals surface area contributed by atoms with Crippen molar-refractivity contribution in [3.05, 3.63) is 194 Å². The summed E-state index contributed by atoms with van der Waals surface area (Å²) < 4.78 is 2.68. The van der Waals surface area contributed by atoms with Gasteiger partial charge in [-0.05, 0) is 128 Å². The van der Waals surface area contributed by atoms with Gasteiger partial charge in [-0.2, -0.15) is 0 Å². The highest BCUT2D eigenvalue weighted by Crippen LogP contribution is 2.47. The molecule has 254 valence electrons. The highest BCUT2D eigenvalue weighted by atomic mass is 32.1. The zero-order valence-corrected chi connectivity index (χ0v) is 30.7. The molecule has 11 aromatic carbocycles. The van der Waals surface area contributed by atoms with Crippen LogP contribution in [0.25, 0.3) is 118 Å². The Morgan fingerprint density at radius 3 is 1.38 bits per heavy atom. The SMILES string of the molecule is c1ccc2cc(-c3ccc(-c4c5ccccc5c(-c5ccc6c(c5)c5ccccc5c5cc7c(cc65)sc5ccccc57)c5ccccc45)cc3)ccc2c1. The number of benzene rings is 11. The summed E-state index contributed by atoms with van der Waals surface area (Å²) in [6, 6.07) is 72.3. The summed E-state index contributed by atoms with van der Waals surface area (Å²) in [6.07, 6.45) is 0. The predicted molar refractivity (Wildman–Crippen MR) is 241 cm³/mol. The first-order valence-electron chi connectivity index (χ1n) is 19.0. The van der Waals surface area contributed by atoms with E-state index in [1.165, 1.54) is 118 Å². The maximum absolute atomic E-state index is 2.46. The van der Waals surface area contributed by atoms with Gasteiger partial charge in [0.1, 0.15) is 0 Å². The van der Waals surface area contributed by atoms with Gasteiger partial charge in [-0.25, -0.2) is 0 Å². The van der Waals surface area contributed by atoms with E-state index in [4.69, 9.17) is 0 Å². The first kappa shape index (κ1) is 30.6. The molecule has 0 bridgehead atoms. The molecule has 55 heavy (non-hydrogen) atoms. The van der Waals surface area contributed by atoms with Crippen molar-refractivity contribution in [3.63, 3.8) is 0 Å². The van der Waals surface area contributed by atoms with Crippen LogP contribution in [0.5, 0.6) is 0 Å². The van der Waals surface area contributed by atoms with Crippen molar-refractivity contribution in [1.82, 2.24) is 0 Å². The predicted octanol–water partition coefficient (Wildman–Crippen LogP) is 16.0. The van der Waals surface area contributed by atoms with Crippen molar-refractivity contribution < 1.29 is 0 Å². The summed E-state index contributed by atoms with van der Waals surface area (Å²) >= 11 is 1.89. The molecule has 0 N–H and O–H groups in total. The van der Waals surface area contributed by atoms with Crippen LogP contribution in [0.15, 0.2) is 194 Å². The van der Waals surface area contributed by atoms with Crippen LogP contribution in [0.3, 0.4) is 0 Å². The fourth-order valence-corrected chi connectivity index (χ4v) is 10.4. The molecule has 0 amide bonds. The molecular formula is C54H32S. The van der Waals surface area contributed by atoms with Crippen LogP contribution in [0.1, 0.15) is 0 Å². The quantitative estimate of drug-likeness (QED) is 0.126. The van der Waals surface area contributed by atoms with Crippen LogP contribution in [0.2, 0.25) is 0 Å². The van der Waals surface area contributed by atoms with E-state index in [1.54, 1.807) is 0 Å². The van der Waals surface area contributed by atoms with Crippen molar-refractivity contribution in [1.29, 1.82) is 0 Å². The molecule has 0 aliphatic rings. The average molecular weight is 713 g/mol. The molecule has 1 heterocycles. The molecule has 0 saturated heterocycles. The lowest BCUT2D eigenvalue weighted by atomic mass is 9.84. The second kappa shape index (κ2) is 11.9. The normalized spacial score (nSPS) is 12.0. The lowest BCUT2D eigenvalue weighted by molar-refractivity contribution is 1.63. The Bertz CT molecular complexity index is 3470. The molecule has 0 spiro atoms. The molecule has 12 aromatic rings. The molecule has 0 nitrogen and oxygen atoms in total. The van der Waals surface area contributed by atoms with E-state index >= 15 is 0 Å². The smallest absolute Gasteiger partial charge is 0.0362 e. The van der Waals surface area contributed by atoms with E-state index in [0.29, 0.717) is 0 Å². The van der Waals surface area contributed by atoms with Gasteiger partial charge in [-0.3, -0.25) is 0 Å². The lowest BCUT2D eigenvalue weighted by Crippen LogP contribution is -1.91. The van der Waals surface area contributed by atoms with Crippen molar-refractivity contribution in [2.24, 2.45) is 0 Å². The van der Waals surface area contributed by atoms with Gasteiger partial charge in [-0.1, -0.05) is 164 Å². The van der Waals surface area contributed by atoms with Crippen LogP contribution in [-0.4, -0.2) is 0 Å². The summed E-state index contributed by atoms with van der Waals surface area (Å²) in [7, 11) is 0. The summed E-state index contributed by atoms with van der Waals surface area (Å²) in [5.41, 5.74) is 7.50. The number of rotatable bonds is 3. The molecule has 1 heteroatoms. The van der Waals surface area contributed by atoms with Gasteiger partial charge in [0.05, 0.1) is 0 Å². The number of hydrogen-bond donors (Lipinski definition) is 0. The van der Waals surface area contributed by atoms with Crippen molar-refractivity contribution in [3.8, 4) is 33.4 Å². The van der Waals surface area contributed by atoms with Gasteiger partial charge >= 0.3 is 0 Å². The molecule has 12 rings (SSSR count). The van der Waals surface area contributed by atoms with Gasteiger partial charge in [0.25, 0.3) is 0 Å². The zero-order chi connectivity index (χ0) is 36.0. The van der Waals surface area contributed by atoms with Crippen LogP contribution in [0, 0.1) is 0 Å². The third-order valence-electron chi connectivity index (χ3n) is 11.8. The molecule has 0 saturated carbocycles. The lowest BCUT2D eigenvalue weighted by Gasteiger charge is -2.19. The Labute approximate surface area is 322 Å². The second-order valence-electron chi connectivity index (χ2n) is 14.8. The standard InChI is InChI=1S/C54H32S/c1-2-12-36-29-37(26-23-33(36)11-1)34-21-24-35(25-22-34)53-43-16-5-7-18-45(43)54(46-19-8-6-17-44(46)53)38-27-28-41-47(30-38)39-13-3-4-14-40(39)48-31-50-42-15-9-10-20-51(42)55-52(50)32-49(41)48/h1-32H. The van der Waals surface area contributed by atoms with Crippen molar-refractivity contribution in [2.75, 3.05) is 0 Å². The fourth-order valence-electron chi connectivity index (χ4n) is 9.28. The van der Waals surface area contributed by atoms with Gasteiger partial charge in [0, 0.05) is 20.2 Å². The Morgan fingerprint density at radius 1 is 0.218 bits per heavy atom. The minimum Gasteiger partial charge on any atom is -0.135 e. The summed E-state index contributed by atoms with van der Waals surface area (Å²) in [5.74, 6) is 0. The molecule has 0 fully saturated rings. The topological polar surface area (TPSA) is 0 Å². The highest BCUT2D eigenvalue weighted by molar-refractivity contribution is 7.25. The summed E-state index contributed by atoms with van der Waals surface area (Å²) in [6.45, 7) is 0. The largest absolute Gasteiger partial charge is 0.135 e. The Balaban J connectivity index is 1.07. The number of hydrogen-bond acceptors (Lipinski definition) is 1. The Hall–Kier alpha value is -6.80. The van der Waals surface area contributed by atoms with Crippen molar-refractivity contribution in [2.45, 2.75) is 0 Å². The maximum atomic E-state index is 2.46. The van der Waals surface area contributed by atoms with E-state index in [2.05, 4.69) is 194 Å². The first-order valence-corrected chi connectivity index (χ1v) is 19.8. The summed E-state index contributed by atoms with van der Waals surface area (Å²) in [4.78, 5) is 0. The first-order chi connectivity index (χ1) is 27.3. The molecule has 0 atom stereocenters. The molecule has 1 aromatic heterocycles. The van der Waals surface area contributed by atoms with Gasteiger partial charge in [0.2, 0.25) is 0 Å². The van der Waals surface area contributed by atoms with Crippen LogP contribution in [0.4, 0.5) is 0 Å². The maximum Gasteiger partial charge on any atom is 0.0362 e. The third-order valence-corrected chi connectivity index (χ3v) is 12.9. The van der Waals surface area contributed by atoms with Gasteiger partial charge in [-0.15, -0.1) is 11.3 Å². The van der Waals surface area contributed by atoms with Crippen LogP contribution < -0.4 is 0 Å². The number of fused-ring (bicyclic) bond motifs is 12. The third kappa shape index (κ3) is 4.64. The van der Waals surface area contributed by atoms with Crippen molar-refractivity contribution >= 4 is 96.1 Å². The second-order valence-corrected chi connectivity index (χ2v) is 15.9. The van der Waals surface area contributed by atoms with Gasteiger partial charge < -0.3 is 0 Å². The van der Waals surface area contributed by atoms with E-state index < -0.39 is 0 Å². The fraction of sp³-hybridized carbons (Fsp3) is 0. The Morgan fingerprint density at radius 2 is 0.691 bits per heavy atom. The molecule has 0 radical (unpaired) electrons. The number of thiophene rings is 1. The van der Waals surface area contributed by atoms with E-state index in [9.17, 15) is 0 Å². The van der Waals surface area contributed by atoms with E-state index in [-0.39, 0.29) is 0 Å². The Kier molecular flexibility index (Phi) is 6.60. The molecule has 0 aliphatic heterocycles. The monoisotopic (exact) mass is 712 g/mol. The highest BCUT2D eigenvalue weighted by Gasteiger charge is 2.19. The van der Waals surface area contributed by atoms with Crippen LogP contribution in [-0.2, 0) is 0 Å². The molecular weight excluding hydrogens is 681 g/mol. The van der Waals surface area contributed by atoms with E-state index in [0.717, 1.165) is 0 Å². The minimum atomic E-state index is 1.23. The average Bonchev–Trinajstić information content (AvgIpc) is 3.62. The summed E-state index contributed by atoms with van der Waals surface area (Å²) in [5, 5.41) is 18.1. The molecule has 0 unspecified atom stereocenters.